The molecule has 0 spiro atoms. The molecule has 2 aromatic rings. The number of hydrogen-bond acceptors (Lipinski definition) is 4. The number of ether oxygens (including phenoxy) is 1. The quantitative estimate of drug-likeness (QED) is 0.617. The number of hydrogen-bond donors (Lipinski definition) is 2. The van der Waals surface area contributed by atoms with Crippen molar-refractivity contribution in [2.24, 2.45) is 0 Å². The average Bonchev–Trinajstić information content (AvgIpc) is 3.23. The van der Waals surface area contributed by atoms with Crippen LogP contribution in [0, 0.1) is 12.3 Å². The van der Waals surface area contributed by atoms with Crippen LogP contribution < -0.4 is 5.32 Å². The number of aryl methyl sites for hydroxylation is 1. The van der Waals surface area contributed by atoms with Crippen molar-refractivity contribution in [1.29, 1.82) is 5.41 Å². The third-order valence-corrected chi connectivity index (χ3v) is 6.48. The third-order valence-electron chi connectivity index (χ3n) is 6.13. The first-order chi connectivity index (χ1) is 14.1. The highest BCUT2D eigenvalue weighted by molar-refractivity contribution is 6.31. The molecule has 0 aromatic heterocycles. The van der Waals surface area contributed by atoms with E-state index in [0.29, 0.717) is 6.04 Å². The van der Waals surface area contributed by atoms with Gasteiger partial charge in [0.15, 0.2) is 0 Å². The van der Waals surface area contributed by atoms with Crippen molar-refractivity contribution in [1.82, 2.24) is 4.90 Å². The van der Waals surface area contributed by atoms with Gasteiger partial charge in [-0.25, -0.2) is 0 Å². The molecule has 4 rings (SSSR count). The van der Waals surface area contributed by atoms with Crippen molar-refractivity contribution in [2.75, 3.05) is 31.6 Å². The fourth-order valence-corrected chi connectivity index (χ4v) is 4.66. The van der Waals surface area contributed by atoms with E-state index in [4.69, 9.17) is 21.7 Å². The second-order valence-electron chi connectivity index (χ2n) is 8.22. The summed E-state index contributed by atoms with van der Waals surface area (Å²) in [5, 5.41) is 12.4. The number of benzene rings is 2. The number of rotatable bonds is 6. The molecule has 2 fully saturated rings. The summed E-state index contributed by atoms with van der Waals surface area (Å²) in [6.07, 6.45) is 6.47. The van der Waals surface area contributed by atoms with Crippen LogP contribution in [0.5, 0.6) is 0 Å². The number of nitrogens with one attached hydrogen (secondary N) is 2. The van der Waals surface area contributed by atoms with Crippen LogP contribution >= 0.6 is 11.6 Å². The molecule has 2 aliphatic rings. The van der Waals surface area contributed by atoms with E-state index < -0.39 is 0 Å². The van der Waals surface area contributed by atoms with Gasteiger partial charge in [-0.1, -0.05) is 42.6 Å². The van der Waals surface area contributed by atoms with Crippen LogP contribution in [0.4, 0.5) is 5.69 Å². The molecule has 1 heterocycles. The van der Waals surface area contributed by atoms with Gasteiger partial charge in [-0.2, -0.15) is 0 Å². The minimum atomic E-state index is 0.517. The zero-order chi connectivity index (χ0) is 20.2. The van der Waals surface area contributed by atoms with E-state index in [9.17, 15) is 0 Å². The first-order valence-electron chi connectivity index (χ1n) is 10.6. The fraction of sp³-hybridized carbons (Fsp3) is 0.458. The lowest BCUT2D eigenvalue weighted by Crippen LogP contribution is -2.35. The van der Waals surface area contributed by atoms with Crippen molar-refractivity contribution in [2.45, 2.75) is 45.2 Å². The number of anilines is 1. The minimum Gasteiger partial charge on any atom is -0.382 e. The van der Waals surface area contributed by atoms with Gasteiger partial charge in [-0.15, -0.1) is 0 Å². The van der Waals surface area contributed by atoms with E-state index in [0.717, 1.165) is 71.4 Å². The molecule has 0 amide bonds. The van der Waals surface area contributed by atoms with Gasteiger partial charge in [0.25, 0.3) is 0 Å². The summed E-state index contributed by atoms with van der Waals surface area (Å²) >= 11 is 6.66. The highest BCUT2D eigenvalue weighted by atomic mass is 35.5. The Morgan fingerprint density at radius 1 is 1.14 bits per heavy atom. The standard InChI is InChI=1S/C24H30ClN3O/c1-17-12-20(14-24(22(17)15-26)27-21-4-2-3-5-21)18-6-7-19(23(25)13-18)16-28-8-10-29-11-9-28/h6-7,12-15,21,26-27H,2-5,8-11,16H2,1H3. The van der Waals surface area contributed by atoms with Crippen molar-refractivity contribution in [3.8, 4) is 11.1 Å². The lowest BCUT2D eigenvalue weighted by atomic mass is 9.97. The Hall–Kier alpha value is -1.88. The largest absolute Gasteiger partial charge is 0.382 e. The Morgan fingerprint density at radius 2 is 1.90 bits per heavy atom. The predicted molar refractivity (Wildman–Crippen MR) is 121 cm³/mol. The second-order valence-corrected chi connectivity index (χ2v) is 8.63. The molecule has 4 nitrogen and oxygen atoms in total. The average molecular weight is 412 g/mol. The zero-order valence-corrected chi connectivity index (χ0v) is 17.9. The molecule has 1 saturated heterocycles. The molecule has 154 valence electrons. The van der Waals surface area contributed by atoms with Gasteiger partial charge in [-0.05, 0) is 54.2 Å². The normalized spacial score (nSPS) is 18.1. The van der Waals surface area contributed by atoms with E-state index in [-0.39, 0.29) is 0 Å². The first-order valence-corrected chi connectivity index (χ1v) is 11.0. The summed E-state index contributed by atoms with van der Waals surface area (Å²) in [7, 11) is 0. The van der Waals surface area contributed by atoms with Gasteiger partial charge < -0.3 is 15.5 Å². The smallest absolute Gasteiger partial charge is 0.0594 e. The second kappa shape index (κ2) is 9.29. The van der Waals surface area contributed by atoms with Gasteiger partial charge in [0.2, 0.25) is 0 Å². The molecule has 1 aliphatic heterocycles. The monoisotopic (exact) mass is 411 g/mol. The Balaban J connectivity index is 1.59. The topological polar surface area (TPSA) is 48.4 Å². The van der Waals surface area contributed by atoms with Crippen LogP contribution in [0.3, 0.4) is 0 Å². The van der Waals surface area contributed by atoms with Crippen LogP contribution in [-0.2, 0) is 11.3 Å². The maximum atomic E-state index is 7.86. The molecule has 0 bridgehead atoms. The van der Waals surface area contributed by atoms with Crippen LogP contribution in [0.25, 0.3) is 11.1 Å². The first kappa shape index (κ1) is 20.4. The molecule has 2 aromatic carbocycles. The lowest BCUT2D eigenvalue weighted by molar-refractivity contribution is 0.0342. The van der Waals surface area contributed by atoms with Gasteiger partial charge in [0.05, 0.1) is 13.2 Å². The zero-order valence-electron chi connectivity index (χ0n) is 17.1. The molecule has 1 saturated carbocycles. The predicted octanol–water partition coefficient (Wildman–Crippen LogP) is 5.50. The Kier molecular flexibility index (Phi) is 6.53. The molecule has 0 radical (unpaired) electrons. The van der Waals surface area contributed by atoms with Gasteiger partial charge in [-0.3, -0.25) is 4.90 Å². The molecule has 0 unspecified atom stereocenters. The maximum Gasteiger partial charge on any atom is 0.0594 e. The number of nitrogens with zero attached hydrogens (tertiary/aromatic N) is 1. The van der Waals surface area contributed by atoms with Crippen LogP contribution in [0.1, 0.15) is 42.4 Å². The molecule has 0 atom stereocenters. The molecule has 29 heavy (non-hydrogen) atoms. The number of halogens is 1. The van der Waals surface area contributed by atoms with Crippen molar-refractivity contribution >= 4 is 23.5 Å². The maximum absolute atomic E-state index is 7.86. The summed E-state index contributed by atoms with van der Waals surface area (Å²) in [6.45, 7) is 6.45. The van der Waals surface area contributed by atoms with E-state index in [1.807, 2.05) is 0 Å². The van der Waals surface area contributed by atoms with Crippen LogP contribution in [0.15, 0.2) is 30.3 Å². The Labute approximate surface area is 178 Å². The van der Waals surface area contributed by atoms with E-state index in [1.54, 1.807) is 0 Å². The van der Waals surface area contributed by atoms with Gasteiger partial charge >= 0.3 is 0 Å². The Bertz CT molecular complexity index is 871. The molecule has 5 heteroatoms. The molecule has 1 aliphatic carbocycles. The molecular weight excluding hydrogens is 382 g/mol. The summed E-state index contributed by atoms with van der Waals surface area (Å²) < 4.78 is 5.44. The van der Waals surface area contributed by atoms with Crippen LogP contribution in [-0.4, -0.2) is 43.5 Å². The summed E-state index contributed by atoms with van der Waals surface area (Å²) in [5.41, 5.74) is 6.59. The van der Waals surface area contributed by atoms with E-state index >= 15 is 0 Å². The number of morpholine rings is 1. The lowest BCUT2D eigenvalue weighted by Gasteiger charge is -2.27. The highest BCUT2D eigenvalue weighted by Gasteiger charge is 2.18. The summed E-state index contributed by atoms with van der Waals surface area (Å²) in [5.74, 6) is 0. The molecule has 2 N–H and O–H groups in total. The van der Waals surface area contributed by atoms with E-state index in [1.165, 1.54) is 31.9 Å². The van der Waals surface area contributed by atoms with Crippen molar-refractivity contribution in [3.63, 3.8) is 0 Å². The van der Waals surface area contributed by atoms with Crippen molar-refractivity contribution < 1.29 is 4.74 Å². The minimum absolute atomic E-state index is 0.517. The van der Waals surface area contributed by atoms with Crippen LogP contribution in [0.2, 0.25) is 5.02 Å². The van der Waals surface area contributed by atoms with Gasteiger partial charge in [0, 0.05) is 48.2 Å². The van der Waals surface area contributed by atoms with E-state index in [2.05, 4.69) is 47.5 Å². The Morgan fingerprint density at radius 3 is 2.59 bits per heavy atom. The van der Waals surface area contributed by atoms with Crippen molar-refractivity contribution in [3.05, 3.63) is 52.0 Å². The SMILES string of the molecule is Cc1cc(-c2ccc(CN3CCOCC3)c(Cl)c2)cc(NC2CCCC2)c1C=N. The summed E-state index contributed by atoms with van der Waals surface area (Å²) in [6, 6.07) is 11.3. The summed E-state index contributed by atoms with van der Waals surface area (Å²) in [4.78, 5) is 2.39. The fourth-order valence-electron chi connectivity index (χ4n) is 4.42. The van der Waals surface area contributed by atoms with Gasteiger partial charge in [0.1, 0.15) is 0 Å². The third kappa shape index (κ3) is 4.82. The molecular formula is C24H30ClN3O. The highest BCUT2D eigenvalue weighted by Crippen LogP contribution is 2.33.